The van der Waals surface area contributed by atoms with E-state index >= 15 is 0 Å². The van der Waals surface area contributed by atoms with Crippen LogP contribution in [0.15, 0.2) is 0 Å². The minimum Gasteiger partial charge on any atom is -0.378 e. The van der Waals surface area contributed by atoms with Gasteiger partial charge in [-0.25, -0.2) is 0 Å². The topological polar surface area (TPSA) is 58.8 Å². The lowest BCUT2D eigenvalue weighted by atomic mass is 10.0. The average Bonchev–Trinajstić information content (AvgIpc) is 2.74. The number of rotatable bonds is 4. The summed E-state index contributed by atoms with van der Waals surface area (Å²) in [6, 6.07) is 0. The fourth-order valence-electron chi connectivity index (χ4n) is 3.14. The van der Waals surface area contributed by atoms with E-state index in [-0.39, 0.29) is 12.0 Å². The van der Waals surface area contributed by atoms with Gasteiger partial charge in [-0.3, -0.25) is 4.79 Å². The van der Waals surface area contributed by atoms with Crippen LogP contribution in [0.5, 0.6) is 0 Å². The molecule has 0 aliphatic carbocycles. The Labute approximate surface area is 122 Å². The van der Waals surface area contributed by atoms with Crippen molar-refractivity contribution in [3.8, 4) is 0 Å². The third-order valence-electron chi connectivity index (χ3n) is 4.42. The number of carbonyl (C=O) groups is 1. The van der Waals surface area contributed by atoms with E-state index in [9.17, 15) is 4.79 Å². The highest BCUT2D eigenvalue weighted by molar-refractivity contribution is 5.79. The third-order valence-corrected chi connectivity index (χ3v) is 4.42. The molecule has 2 N–H and O–H groups in total. The molecule has 0 aromatic carbocycles. The predicted octanol–water partition coefficient (Wildman–Crippen LogP) is 0.541. The first kappa shape index (κ1) is 15.7. The van der Waals surface area contributed by atoms with Crippen LogP contribution in [0.4, 0.5) is 0 Å². The van der Waals surface area contributed by atoms with Gasteiger partial charge in [-0.2, -0.15) is 0 Å². The van der Waals surface area contributed by atoms with Crippen LogP contribution in [0.2, 0.25) is 0 Å². The van der Waals surface area contributed by atoms with Crippen molar-refractivity contribution < 1.29 is 9.53 Å². The fourth-order valence-corrected chi connectivity index (χ4v) is 3.14. The van der Waals surface area contributed by atoms with Crippen LogP contribution < -0.4 is 5.73 Å². The molecule has 0 saturated carbocycles. The van der Waals surface area contributed by atoms with Gasteiger partial charge in [-0.05, 0) is 38.8 Å². The minimum atomic E-state index is 0.0829. The molecular formula is C15H29N3O2. The molecule has 3 unspecified atom stereocenters. The second-order valence-electron chi connectivity index (χ2n) is 6.40. The lowest BCUT2D eigenvalue weighted by Gasteiger charge is -2.25. The zero-order valence-electron chi connectivity index (χ0n) is 12.9. The molecule has 0 spiro atoms. The Morgan fingerprint density at radius 2 is 2.15 bits per heavy atom. The van der Waals surface area contributed by atoms with E-state index in [4.69, 9.17) is 10.5 Å². The molecule has 3 atom stereocenters. The van der Waals surface area contributed by atoms with Crippen LogP contribution in [-0.2, 0) is 9.53 Å². The molecule has 0 aromatic rings. The Morgan fingerprint density at radius 1 is 1.35 bits per heavy atom. The molecule has 1 amide bonds. The molecule has 2 fully saturated rings. The third kappa shape index (κ3) is 4.17. The standard InChI is InChI=1S/C15H29N3O2/c1-12(9-16)10-17-4-3-5-18(7-6-17)15(19)14-8-13(2)20-11-14/h12-14H,3-11,16H2,1-2H3. The maximum atomic E-state index is 12.5. The molecule has 2 aliphatic heterocycles. The Hall–Kier alpha value is -0.650. The van der Waals surface area contributed by atoms with Gasteiger partial charge in [0.2, 0.25) is 5.91 Å². The first-order valence-corrected chi connectivity index (χ1v) is 7.93. The van der Waals surface area contributed by atoms with Crippen LogP contribution in [0.25, 0.3) is 0 Å². The van der Waals surface area contributed by atoms with Crippen LogP contribution in [0.1, 0.15) is 26.7 Å². The summed E-state index contributed by atoms with van der Waals surface area (Å²) in [7, 11) is 0. The number of nitrogens with zero attached hydrogens (tertiary/aromatic N) is 2. The molecule has 116 valence electrons. The summed E-state index contributed by atoms with van der Waals surface area (Å²) in [5.41, 5.74) is 5.69. The summed E-state index contributed by atoms with van der Waals surface area (Å²) in [6.45, 7) is 10.4. The molecule has 0 bridgehead atoms. The van der Waals surface area contributed by atoms with Crippen molar-refractivity contribution in [3.63, 3.8) is 0 Å². The van der Waals surface area contributed by atoms with Crippen molar-refractivity contribution in [1.29, 1.82) is 0 Å². The largest absolute Gasteiger partial charge is 0.378 e. The number of carbonyl (C=O) groups excluding carboxylic acids is 1. The van der Waals surface area contributed by atoms with Crippen LogP contribution in [-0.4, -0.2) is 67.7 Å². The van der Waals surface area contributed by atoms with Crippen LogP contribution >= 0.6 is 0 Å². The summed E-state index contributed by atoms with van der Waals surface area (Å²) < 4.78 is 5.53. The minimum absolute atomic E-state index is 0.0829. The number of ether oxygens (including phenoxy) is 1. The Bertz CT molecular complexity index is 324. The summed E-state index contributed by atoms with van der Waals surface area (Å²) in [5, 5.41) is 0. The molecule has 2 heterocycles. The van der Waals surface area contributed by atoms with E-state index in [1.54, 1.807) is 0 Å². The summed E-state index contributed by atoms with van der Waals surface area (Å²) in [5.74, 6) is 0.906. The Morgan fingerprint density at radius 3 is 2.80 bits per heavy atom. The maximum Gasteiger partial charge on any atom is 0.228 e. The lowest BCUT2D eigenvalue weighted by Crippen LogP contribution is -2.40. The maximum absolute atomic E-state index is 12.5. The molecule has 0 radical (unpaired) electrons. The van der Waals surface area contributed by atoms with Gasteiger partial charge in [-0.15, -0.1) is 0 Å². The smallest absolute Gasteiger partial charge is 0.228 e. The Kier molecular flexibility index (Phi) is 5.81. The second-order valence-corrected chi connectivity index (χ2v) is 6.40. The highest BCUT2D eigenvalue weighted by Gasteiger charge is 2.32. The molecule has 0 aromatic heterocycles. The normalized spacial score (nSPS) is 30.2. The number of amides is 1. The molecule has 20 heavy (non-hydrogen) atoms. The number of hydrogen-bond acceptors (Lipinski definition) is 4. The zero-order chi connectivity index (χ0) is 14.5. The molecule has 2 rings (SSSR count). The van der Waals surface area contributed by atoms with Gasteiger partial charge in [0.1, 0.15) is 0 Å². The van der Waals surface area contributed by atoms with Gasteiger partial charge < -0.3 is 20.3 Å². The summed E-state index contributed by atoms with van der Waals surface area (Å²) in [4.78, 5) is 17.0. The average molecular weight is 283 g/mol. The number of nitrogens with two attached hydrogens (primary N) is 1. The van der Waals surface area contributed by atoms with E-state index in [0.717, 1.165) is 52.1 Å². The predicted molar refractivity (Wildman–Crippen MR) is 79.4 cm³/mol. The van der Waals surface area contributed by atoms with Crippen LogP contribution in [0.3, 0.4) is 0 Å². The van der Waals surface area contributed by atoms with E-state index < -0.39 is 0 Å². The van der Waals surface area contributed by atoms with Gasteiger partial charge in [0.15, 0.2) is 0 Å². The van der Waals surface area contributed by atoms with E-state index in [1.807, 2.05) is 11.8 Å². The second kappa shape index (κ2) is 7.38. The summed E-state index contributed by atoms with van der Waals surface area (Å²) in [6.07, 6.45) is 2.17. The van der Waals surface area contributed by atoms with E-state index in [0.29, 0.717) is 18.4 Å². The highest BCUT2D eigenvalue weighted by Crippen LogP contribution is 2.22. The van der Waals surface area contributed by atoms with Gasteiger partial charge in [0, 0.05) is 26.2 Å². The van der Waals surface area contributed by atoms with Gasteiger partial charge >= 0.3 is 0 Å². The first-order valence-electron chi connectivity index (χ1n) is 7.93. The molecular weight excluding hydrogens is 254 g/mol. The molecule has 5 heteroatoms. The molecule has 2 saturated heterocycles. The quantitative estimate of drug-likeness (QED) is 0.818. The van der Waals surface area contributed by atoms with Crippen molar-refractivity contribution in [2.24, 2.45) is 17.6 Å². The zero-order valence-corrected chi connectivity index (χ0v) is 12.9. The van der Waals surface area contributed by atoms with Gasteiger partial charge in [0.05, 0.1) is 18.6 Å². The molecule has 5 nitrogen and oxygen atoms in total. The van der Waals surface area contributed by atoms with E-state index in [1.165, 1.54) is 0 Å². The first-order chi connectivity index (χ1) is 9.60. The van der Waals surface area contributed by atoms with Crippen molar-refractivity contribution >= 4 is 5.91 Å². The van der Waals surface area contributed by atoms with Gasteiger partial charge in [0.25, 0.3) is 0 Å². The lowest BCUT2D eigenvalue weighted by molar-refractivity contribution is -0.135. The highest BCUT2D eigenvalue weighted by atomic mass is 16.5. The van der Waals surface area contributed by atoms with Gasteiger partial charge in [-0.1, -0.05) is 6.92 Å². The van der Waals surface area contributed by atoms with Crippen molar-refractivity contribution in [2.45, 2.75) is 32.8 Å². The van der Waals surface area contributed by atoms with Crippen molar-refractivity contribution in [2.75, 3.05) is 45.9 Å². The number of hydrogen-bond donors (Lipinski definition) is 1. The van der Waals surface area contributed by atoms with E-state index in [2.05, 4.69) is 11.8 Å². The summed E-state index contributed by atoms with van der Waals surface area (Å²) >= 11 is 0. The van der Waals surface area contributed by atoms with Crippen LogP contribution in [0, 0.1) is 11.8 Å². The van der Waals surface area contributed by atoms with Crippen molar-refractivity contribution in [3.05, 3.63) is 0 Å². The van der Waals surface area contributed by atoms with Crippen molar-refractivity contribution in [1.82, 2.24) is 9.80 Å². The fraction of sp³-hybridized carbons (Fsp3) is 0.933. The Balaban J connectivity index is 1.81. The SMILES string of the molecule is CC(CN)CN1CCCN(C(=O)C2COC(C)C2)CC1. The molecule has 2 aliphatic rings. The monoisotopic (exact) mass is 283 g/mol.